The maximum Gasteiger partial charge on any atom is 0.435 e. The summed E-state index contributed by atoms with van der Waals surface area (Å²) in [4.78, 5) is 19.5. The zero-order valence-electron chi connectivity index (χ0n) is 18.1. The predicted octanol–water partition coefficient (Wildman–Crippen LogP) is 4.17. The molecule has 1 aromatic carbocycles. The van der Waals surface area contributed by atoms with E-state index in [1.54, 1.807) is 17.0 Å². The lowest BCUT2D eigenvalue weighted by molar-refractivity contribution is -0.140. The van der Waals surface area contributed by atoms with Crippen LogP contribution in [0.2, 0.25) is 5.02 Å². The smallest absolute Gasteiger partial charge is 0.435 e. The highest BCUT2D eigenvalue weighted by atomic mass is 35.5. The van der Waals surface area contributed by atoms with Crippen molar-refractivity contribution < 1.29 is 27.8 Å². The number of benzene rings is 1. The molecule has 1 amide bonds. The number of hydrogen-bond acceptors (Lipinski definition) is 5. The Labute approximate surface area is 197 Å². The summed E-state index contributed by atoms with van der Waals surface area (Å²) in [6.07, 6.45) is -1.03. The number of aliphatic hydroxyl groups is 1. The lowest BCUT2D eigenvalue weighted by atomic mass is 9.87. The number of fused-ring (bicyclic) bond motifs is 2. The van der Waals surface area contributed by atoms with Gasteiger partial charge in [-0.05, 0) is 41.3 Å². The molecule has 4 heterocycles. The second-order valence-electron chi connectivity index (χ2n) is 8.34. The zero-order chi connectivity index (χ0) is 24.2. The molecule has 0 aliphatic carbocycles. The predicted molar refractivity (Wildman–Crippen MR) is 116 cm³/mol. The summed E-state index contributed by atoms with van der Waals surface area (Å²) < 4.78 is 47.8. The third-order valence-corrected chi connectivity index (χ3v) is 6.39. The molecule has 11 heteroatoms. The number of aryl methyl sites for hydroxylation is 1. The molecule has 0 saturated carbocycles. The number of halogens is 4. The zero-order valence-corrected chi connectivity index (χ0v) is 18.8. The fraction of sp³-hybridized carbons (Fsp3) is 0.348. The average Bonchev–Trinajstić information content (AvgIpc) is 3.21. The number of aromatic nitrogens is 3. The summed E-state index contributed by atoms with van der Waals surface area (Å²) in [7, 11) is 1.41. The topological polar surface area (TPSA) is 80.5 Å². The lowest BCUT2D eigenvalue weighted by Crippen LogP contribution is -2.42. The Hall–Kier alpha value is -3.11. The van der Waals surface area contributed by atoms with E-state index in [-0.39, 0.29) is 28.6 Å². The van der Waals surface area contributed by atoms with E-state index in [0.717, 1.165) is 4.68 Å². The maximum absolute atomic E-state index is 13.7. The van der Waals surface area contributed by atoms with Gasteiger partial charge in [-0.1, -0.05) is 11.6 Å². The highest BCUT2D eigenvalue weighted by molar-refractivity contribution is 6.30. The molecule has 2 aliphatic rings. The van der Waals surface area contributed by atoms with Gasteiger partial charge in [0, 0.05) is 49.1 Å². The number of alkyl halides is 3. The Kier molecular flexibility index (Phi) is 5.52. The van der Waals surface area contributed by atoms with Gasteiger partial charge in [-0.25, -0.2) is 4.98 Å². The maximum atomic E-state index is 13.7. The van der Waals surface area contributed by atoms with Crippen molar-refractivity contribution in [1.82, 2.24) is 19.7 Å². The van der Waals surface area contributed by atoms with Crippen LogP contribution in [0.3, 0.4) is 0 Å². The summed E-state index contributed by atoms with van der Waals surface area (Å²) in [6, 6.07) is 4.44. The van der Waals surface area contributed by atoms with Gasteiger partial charge < -0.3 is 14.7 Å². The number of carbonyl (C=O) groups is 1. The minimum atomic E-state index is -4.67. The molecule has 0 fully saturated rings. The van der Waals surface area contributed by atoms with Crippen molar-refractivity contribution in [2.24, 2.45) is 7.05 Å². The van der Waals surface area contributed by atoms with E-state index in [2.05, 4.69) is 10.1 Å². The van der Waals surface area contributed by atoms with Crippen LogP contribution in [0.25, 0.3) is 11.1 Å². The number of amides is 1. The van der Waals surface area contributed by atoms with Gasteiger partial charge in [0.15, 0.2) is 5.69 Å². The van der Waals surface area contributed by atoms with Crippen LogP contribution in [-0.2, 0) is 26.3 Å². The van der Waals surface area contributed by atoms with Gasteiger partial charge in [-0.2, -0.15) is 18.3 Å². The molecule has 1 N–H and O–H groups in total. The van der Waals surface area contributed by atoms with E-state index >= 15 is 0 Å². The summed E-state index contributed by atoms with van der Waals surface area (Å²) in [5.41, 5.74) is 0.934. The highest BCUT2D eigenvalue weighted by Gasteiger charge is 2.40. The fourth-order valence-electron chi connectivity index (χ4n) is 4.75. The molecular formula is C23H20ClF3N4O3. The van der Waals surface area contributed by atoms with Gasteiger partial charge in [0.2, 0.25) is 5.88 Å². The van der Waals surface area contributed by atoms with Crippen LogP contribution in [0.1, 0.15) is 45.2 Å². The van der Waals surface area contributed by atoms with Crippen molar-refractivity contribution >= 4 is 17.5 Å². The van der Waals surface area contributed by atoms with E-state index in [9.17, 15) is 23.1 Å². The Bertz CT molecular complexity index is 1290. The Morgan fingerprint density at radius 1 is 1.24 bits per heavy atom. The number of hydrogen-bond donors (Lipinski definition) is 1. The summed E-state index contributed by atoms with van der Waals surface area (Å²) >= 11 is 6.13. The van der Waals surface area contributed by atoms with Crippen LogP contribution in [-0.4, -0.2) is 43.8 Å². The molecule has 0 saturated heterocycles. The number of aliphatic hydroxyl groups excluding tert-OH is 1. The Balaban J connectivity index is 1.61. The van der Waals surface area contributed by atoms with Gasteiger partial charge in [0.05, 0.1) is 24.3 Å². The molecule has 1 atom stereocenters. The van der Waals surface area contributed by atoms with Crippen LogP contribution in [0.15, 0.2) is 30.6 Å². The van der Waals surface area contributed by atoms with Crippen molar-refractivity contribution in [3.05, 3.63) is 63.6 Å². The molecule has 178 valence electrons. The second kappa shape index (κ2) is 8.28. The molecule has 34 heavy (non-hydrogen) atoms. The molecule has 2 aliphatic heterocycles. The van der Waals surface area contributed by atoms with Gasteiger partial charge in [-0.3, -0.25) is 9.48 Å². The lowest BCUT2D eigenvalue weighted by Gasteiger charge is -2.38. The minimum absolute atomic E-state index is 0.116. The summed E-state index contributed by atoms with van der Waals surface area (Å²) in [5, 5.41) is 13.8. The number of rotatable bonds is 3. The Morgan fingerprint density at radius 2 is 2.00 bits per heavy atom. The highest BCUT2D eigenvalue weighted by Crippen LogP contribution is 2.42. The monoisotopic (exact) mass is 492 g/mol. The van der Waals surface area contributed by atoms with E-state index in [1.807, 2.05) is 0 Å². The number of ether oxygens (including phenoxy) is 1. The van der Waals surface area contributed by atoms with Crippen molar-refractivity contribution in [3.8, 4) is 17.0 Å². The van der Waals surface area contributed by atoms with Crippen LogP contribution in [0, 0.1) is 0 Å². The third kappa shape index (κ3) is 3.80. The van der Waals surface area contributed by atoms with E-state index in [0.29, 0.717) is 53.6 Å². The van der Waals surface area contributed by atoms with Gasteiger partial charge in [-0.15, -0.1) is 0 Å². The molecule has 5 rings (SSSR count). The van der Waals surface area contributed by atoms with Crippen molar-refractivity contribution in [2.75, 3.05) is 13.2 Å². The average molecular weight is 493 g/mol. The molecule has 0 bridgehead atoms. The fourth-order valence-corrected chi connectivity index (χ4v) is 4.92. The number of pyridine rings is 1. The molecular weight excluding hydrogens is 473 g/mol. The summed E-state index contributed by atoms with van der Waals surface area (Å²) in [5.74, 6) is 0.0855. The molecule has 7 nitrogen and oxygen atoms in total. The van der Waals surface area contributed by atoms with Crippen molar-refractivity contribution in [3.63, 3.8) is 0 Å². The van der Waals surface area contributed by atoms with E-state index in [4.69, 9.17) is 16.3 Å². The SMILES string of the molecule is Cn1cc(-c2cc(CO)cc3c2CCN([C@H]2CCOc4ncc(Cl)cc42)C3=O)c(C(F)(F)F)n1. The molecule has 0 radical (unpaired) electrons. The first-order valence-corrected chi connectivity index (χ1v) is 11.0. The quantitative estimate of drug-likeness (QED) is 0.593. The van der Waals surface area contributed by atoms with Gasteiger partial charge in [0.1, 0.15) is 0 Å². The summed E-state index contributed by atoms with van der Waals surface area (Å²) in [6.45, 7) is 0.250. The minimum Gasteiger partial charge on any atom is -0.477 e. The van der Waals surface area contributed by atoms with Crippen LogP contribution >= 0.6 is 11.6 Å². The normalized spacial score (nSPS) is 17.9. The second-order valence-corrected chi connectivity index (χ2v) is 8.78. The first-order valence-electron chi connectivity index (χ1n) is 10.6. The third-order valence-electron chi connectivity index (χ3n) is 6.18. The molecule has 2 aromatic heterocycles. The standard InChI is InChI=1S/C23H20ClF3N4O3/c1-30-10-18(20(29-30)23(25,26)27)15-6-12(11-32)7-16-14(15)2-4-31(22(16)33)19-3-5-34-21-17(19)8-13(24)9-28-21/h6-10,19,32H,2-5,11H2,1H3/t19-/m0/s1. The Morgan fingerprint density at radius 3 is 2.74 bits per heavy atom. The van der Waals surface area contributed by atoms with Crippen LogP contribution < -0.4 is 4.74 Å². The van der Waals surface area contributed by atoms with Gasteiger partial charge in [0.25, 0.3) is 5.91 Å². The largest absolute Gasteiger partial charge is 0.477 e. The van der Waals surface area contributed by atoms with Crippen molar-refractivity contribution in [1.29, 1.82) is 0 Å². The van der Waals surface area contributed by atoms with E-state index in [1.165, 1.54) is 25.5 Å². The molecule has 0 unspecified atom stereocenters. The van der Waals surface area contributed by atoms with Gasteiger partial charge >= 0.3 is 6.18 Å². The van der Waals surface area contributed by atoms with Crippen LogP contribution in [0.5, 0.6) is 5.88 Å². The van der Waals surface area contributed by atoms with E-state index < -0.39 is 18.5 Å². The number of carbonyl (C=O) groups excluding carboxylic acids is 1. The first-order chi connectivity index (χ1) is 16.2. The molecule has 3 aromatic rings. The van der Waals surface area contributed by atoms with Crippen LogP contribution in [0.4, 0.5) is 13.2 Å². The first kappa shape index (κ1) is 22.7. The van der Waals surface area contributed by atoms with Crippen molar-refractivity contribution in [2.45, 2.75) is 31.7 Å². The molecule has 0 spiro atoms. The number of nitrogens with zero attached hydrogens (tertiary/aromatic N) is 4.